The van der Waals surface area contributed by atoms with Crippen LogP contribution in [-0.2, 0) is 0 Å². The third-order valence-corrected chi connectivity index (χ3v) is 3.49. The third kappa shape index (κ3) is 4.42. The van der Waals surface area contributed by atoms with Crippen LogP contribution in [0.2, 0.25) is 0 Å². The molecule has 0 saturated carbocycles. The molecule has 0 bridgehead atoms. The quantitative estimate of drug-likeness (QED) is 0.920. The number of hydrogen-bond acceptors (Lipinski definition) is 2. The highest BCUT2D eigenvalue weighted by Gasteiger charge is 2.15. The smallest absolute Gasteiger partial charge is 0.258 e. The van der Waals surface area contributed by atoms with Gasteiger partial charge in [0.05, 0.1) is 0 Å². The predicted octanol–water partition coefficient (Wildman–Crippen LogP) is 3.35. The van der Waals surface area contributed by atoms with E-state index in [0.29, 0.717) is 23.6 Å². The molecule has 120 valence electrons. The molecular formula is C19H22N2O2. The molecule has 4 heteroatoms. The zero-order valence-electron chi connectivity index (χ0n) is 13.7. The minimum atomic E-state index is -0.157. The third-order valence-electron chi connectivity index (χ3n) is 3.49. The van der Waals surface area contributed by atoms with E-state index in [1.165, 1.54) is 0 Å². The van der Waals surface area contributed by atoms with Gasteiger partial charge in [0.2, 0.25) is 0 Å². The molecule has 0 atom stereocenters. The van der Waals surface area contributed by atoms with Gasteiger partial charge in [0.1, 0.15) is 0 Å². The van der Waals surface area contributed by atoms with Gasteiger partial charge in [0.15, 0.2) is 0 Å². The van der Waals surface area contributed by atoms with Gasteiger partial charge in [-0.25, -0.2) is 0 Å². The molecule has 0 spiro atoms. The van der Waals surface area contributed by atoms with E-state index in [1.807, 2.05) is 44.2 Å². The van der Waals surface area contributed by atoms with Crippen molar-refractivity contribution in [1.82, 2.24) is 5.32 Å². The van der Waals surface area contributed by atoms with Gasteiger partial charge in [-0.05, 0) is 36.2 Å². The molecule has 0 aromatic heterocycles. The lowest BCUT2D eigenvalue weighted by Gasteiger charge is -2.17. The van der Waals surface area contributed by atoms with Gasteiger partial charge in [-0.3, -0.25) is 9.59 Å². The Bertz CT molecular complexity index is 681. The summed E-state index contributed by atoms with van der Waals surface area (Å²) in [5, 5.41) is 2.86. The number of amides is 2. The zero-order valence-corrected chi connectivity index (χ0v) is 13.7. The first kappa shape index (κ1) is 16.7. The van der Waals surface area contributed by atoms with Gasteiger partial charge >= 0.3 is 0 Å². The molecule has 0 heterocycles. The molecule has 0 aliphatic heterocycles. The van der Waals surface area contributed by atoms with E-state index in [1.54, 1.807) is 36.2 Å². The van der Waals surface area contributed by atoms with Crippen LogP contribution in [-0.4, -0.2) is 25.4 Å². The summed E-state index contributed by atoms with van der Waals surface area (Å²) in [6, 6.07) is 16.2. The lowest BCUT2D eigenvalue weighted by Crippen LogP contribution is -2.29. The van der Waals surface area contributed by atoms with E-state index >= 15 is 0 Å². The molecule has 2 aromatic carbocycles. The fourth-order valence-corrected chi connectivity index (χ4v) is 2.15. The van der Waals surface area contributed by atoms with E-state index in [2.05, 4.69) is 5.32 Å². The van der Waals surface area contributed by atoms with E-state index in [0.717, 1.165) is 5.69 Å². The van der Waals surface area contributed by atoms with Gasteiger partial charge in [-0.15, -0.1) is 0 Å². The summed E-state index contributed by atoms with van der Waals surface area (Å²) in [6.45, 7) is 4.69. The fraction of sp³-hybridized carbons (Fsp3) is 0.263. The van der Waals surface area contributed by atoms with Crippen molar-refractivity contribution in [3.63, 3.8) is 0 Å². The summed E-state index contributed by atoms with van der Waals surface area (Å²) in [5.74, 6) is 0.0819. The van der Waals surface area contributed by atoms with Gasteiger partial charge < -0.3 is 10.2 Å². The Labute approximate surface area is 137 Å². The van der Waals surface area contributed by atoms with Crippen LogP contribution in [0.5, 0.6) is 0 Å². The van der Waals surface area contributed by atoms with Crippen molar-refractivity contribution in [1.29, 1.82) is 0 Å². The van der Waals surface area contributed by atoms with Crippen LogP contribution in [0, 0.1) is 5.92 Å². The summed E-state index contributed by atoms with van der Waals surface area (Å²) in [7, 11) is 1.73. The van der Waals surface area contributed by atoms with Crippen molar-refractivity contribution in [2.24, 2.45) is 5.92 Å². The first-order chi connectivity index (χ1) is 11.0. The minimum absolute atomic E-state index is 0.144. The molecule has 2 amide bonds. The average molecular weight is 310 g/mol. The number of para-hydroxylation sites is 1. The zero-order chi connectivity index (χ0) is 16.8. The number of nitrogens with one attached hydrogen (secondary N) is 1. The van der Waals surface area contributed by atoms with Crippen LogP contribution in [0.1, 0.15) is 34.6 Å². The highest BCUT2D eigenvalue weighted by Crippen LogP contribution is 2.15. The highest BCUT2D eigenvalue weighted by atomic mass is 16.2. The lowest BCUT2D eigenvalue weighted by atomic mass is 10.1. The summed E-state index contributed by atoms with van der Waals surface area (Å²) < 4.78 is 0. The Balaban J connectivity index is 2.16. The predicted molar refractivity (Wildman–Crippen MR) is 92.8 cm³/mol. The Morgan fingerprint density at radius 1 is 1.00 bits per heavy atom. The molecule has 2 aromatic rings. The van der Waals surface area contributed by atoms with Gasteiger partial charge in [-0.1, -0.05) is 38.1 Å². The van der Waals surface area contributed by atoms with Crippen LogP contribution >= 0.6 is 0 Å². The summed E-state index contributed by atoms with van der Waals surface area (Å²) >= 11 is 0. The molecule has 0 saturated heterocycles. The Morgan fingerprint density at radius 2 is 1.65 bits per heavy atom. The molecule has 0 fully saturated rings. The summed E-state index contributed by atoms with van der Waals surface area (Å²) in [6.07, 6.45) is 0. The highest BCUT2D eigenvalue weighted by molar-refractivity contribution is 6.07. The average Bonchev–Trinajstić information content (AvgIpc) is 2.59. The largest absolute Gasteiger partial charge is 0.352 e. The fourth-order valence-electron chi connectivity index (χ4n) is 2.15. The number of hydrogen-bond donors (Lipinski definition) is 1. The molecule has 23 heavy (non-hydrogen) atoms. The van der Waals surface area contributed by atoms with Crippen LogP contribution in [0.3, 0.4) is 0 Å². The normalized spacial score (nSPS) is 10.4. The van der Waals surface area contributed by atoms with Crippen molar-refractivity contribution in [3.8, 4) is 0 Å². The number of carbonyl (C=O) groups is 2. The second-order valence-electron chi connectivity index (χ2n) is 5.88. The second kappa shape index (κ2) is 7.58. The maximum Gasteiger partial charge on any atom is 0.258 e. The van der Waals surface area contributed by atoms with Crippen LogP contribution in [0.25, 0.3) is 0 Å². The molecule has 2 rings (SSSR count). The van der Waals surface area contributed by atoms with E-state index in [-0.39, 0.29) is 11.8 Å². The Kier molecular flexibility index (Phi) is 5.52. The molecular weight excluding hydrogens is 288 g/mol. The molecule has 0 aliphatic carbocycles. The van der Waals surface area contributed by atoms with Gasteiger partial charge in [-0.2, -0.15) is 0 Å². The first-order valence-electron chi connectivity index (χ1n) is 7.70. The van der Waals surface area contributed by atoms with E-state index < -0.39 is 0 Å². The molecule has 4 nitrogen and oxygen atoms in total. The number of benzene rings is 2. The number of anilines is 1. The monoisotopic (exact) mass is 310 g/mol. The van der Waals surface area contributed by atoms with Crippen LogP contribution in [0.4, 0.5) is 5.69 Å². The van der Waals surface area contributed by atoms with E-state index in [9.17, 15) is 9.59 Å². The summed E-state index contributed by atoms with van der Waals surface area (Å²) in [4.78, 5) is 26.3. The number of carbonyl (C=O) groups excluding carboxylic acids is 2. The van der Waals surface area contributed by atoms with Crippen LogP contribution < -0.4 is 10.2 Å². The molecule has 0 aliphatic rings. The number of nitrogens with zero attached hydrogens (tertiary/aromatic N) is 1. The SMILES string of the molecule is CC(C)CNC(=O)c1cccc(C(=O)N(C)c2ccccc2)c1. The summed E-state index contributed by atoms with van der Waals surface area (Å²) in [5.41, 5.74) is 1.80. The van der Waals surface area contributed by atoms with Crippen molar-refractivity contribution >= 4 is 17.5 Å². The Hall–Kier alpha value is -2.62. The second-order valence-corrected chi connectivity index (χ2v) is 5.88. The lowest BCUT2D eigenvalue weighted by molar-refractivity contribution is 0.0949. The molecule has 0 radical (unpaired) electrons. The number of rotatable bonds is 5. The molecule has 0 unspecified atom stereocenters. The van der Waals surface area contributed by atoms with Crippen molar-refractivity contribution < 1.29 is 9.59 Å². The van der Waals surface area contributed by atoms with Crippen molar-refractivity contribution in [2.75, 3.05) is 18.5 Å². The standard InChI is InChI=1S/C19H22N2O2/c1-14(2)13-20-18(22)15-8-7-9-16(12-15)19(23)21(3)17-10-5-4-6-11-17/h4-12,14H,13H2,1-3H3,(H,20,22). The first-order valence-corrected chi connectivity index (χ1v) is 7.70. The van der Waals surface area contributed by atoms with Crippen LogP contribution in [0.15, 0.2) is 54.6 Å². The minimum Gasteiger partial charge on any atom is -0.352 e. The van der Waals surface area contributed by atoms with E-state index in [4.69, 9.17) is 0 Å². The molecule has 1 N–H and O–H groups in total. The van der Waals surface area contributed by atoms with Gasteiger partial charge in [0.25, 0.3) is 11.8 Å². The van der Waals surface area contributed by atoms with Crippen molar-refractivity contribution in [3.05, 3.63) is 65.7 Å². The topological polar surface area (TPSA) is 49.4 Å². The van der Waals surface area contributed by atoms with Crippen molar-refractivity contribution in [2.45, 2.75) is 13.8 Å². The maximum absolute atomic E-state index is 12.6. The van der Waals surface area contributed by atoms with Gasteiger partial charge in [0, 0.05) is 30.4 Å². The maximum atomic E-state index is 12.6. The Morgan fingerprint density at radius 3 is 2.30 bits per heavy atom.